The van der Waals surface area contributed by atoms with Crippen LogP contribution in [0.5, 0.6) is 0 Å². The van der Waals surface area contributed by atoms with Crippen LogP contribution in [0.3, 0.4) is 0 Å². The predicted molar refractivity (Wildman–Crippen MR) is 66.4 cm³/mol. The fourth-order valence-corrected chi connectivity index (χ4v) is 2.19. The first kappa shape index (κ1) is 13.5. The van der Waals surface area contributed by atoms with Crippen LogP contribution < -0.4 is 5.32 Å². The normalized spacial score (nSPS) is 26.8. The molecule has 0 aromatic carbocycles. The average molecular weight is 227 g/mol. The maximum atomic E-state index is 11.6. The van der Waals surface area contributed by atoms with Crippen LogP contribution in [0.25, 0.3) is 0 Å². The Bertz CT molecular complexity index is 232. The van der Waals surface area contributed by atoms with Crippen molar-refractivity contribution in [1.29, 1.82) is 0 Å². The Morgan fingerprint density at radius 2 is 2.25 bits per heavy atom. The molecule has 4 heteroatoms. The number of likely N-dealkylation sites (N-methyl/N-ethyl adjacent to an activating group) is 1. The van der Waals surface area contributed by atoms with Gasteiger partial charge in [0, 0.05) is 26.2 Å². The number of likely N-dealkylation sites (tertiary alicyclic amines) is 1. The number of piperidine rings is 1. The van der Waals surface area contributed by atoms with Crippen molar-refractivity contribution in [2.24, 2.45) is 5.92 Å². The van der Waals surface area contributed by atoms with E-state index < -0.39 is 0 Å². The summed E-state index contributed by atoms with van der Waals surface area (Å²) < 4.78 is 0. The van der Waals surface area contributed by atoms with Gasteiger partial charge < -0.3 is 15.1 Å². The quantitative estimate of drug-likeness (QED) is 0.755. The minimum Gasteiger partial charge on any atom is -0.345 e. The van der Waals surface area contributed by atoms with Crippen molar-refractivity contribution in [2.75, 3.05) is 40.3 Å². The molecule has 0 aliphatic carbocycles. The third kappa shape index (κ3) is 3.76. The second kappa shape index (κ2) is 6.21. The van der Waals surface area contributed by atoms with Gasteiger partial charge in [-0.2, -0.15) is 0 Å². The van der Waals surface area contributed by atoms with E-state index in [9.17, 15) is 4.79 Å². The van der Waals surface area contributed by atoms with Crippen molar-refractivity contribution in [1.82, 2.24) is 15.1 Å². The molecule has 0 saturated carbocycles. The fraction of sp³-hybridized carbons (Fsp3) is 0.917. The lowest BCUT2D eigenvalue weighted by Gasteiger charge is -2.35. The van der Waals surface area contributed by atoms with E-state index in [4.69, 9.17) is 0 Å². The highest BCUT2D eigenvalue weighted by Crippen LogP contribution is 2.14. The van der Waals surface area contributed by atoms with Gasteiger partial charge in [0.25, 0.3) is 0 Å². The molecule has 1 aliphatic rings. The Morgan fingerprint density at radius 1 is 1.56 bits per heavy atom. The molecule has 94 valence electrons. The molecule has 1 saturated heterocycles. The molecule has 0 aromatic rings. The largest absolute Gasteiger partial charge is 0.345 e. The van der Waals surface area contributed by atoms with Crippen LogP contribution in [0, 0.1) is 5.92 Å². The molecule has 1 heterocycles. The van der Waals surface area contributed by atoms with Crippen LogP contribution in [0.2, 0.25) is 0 Å². The molecule has 2 atom stereocenters. The first-order valence-corrected chi connectivity index (χ1v) is 6.20. The minimum absolute atomic E-state index is 0.189. The van der Waals surface area contributed by atoms with Crippen molar-refractivity contribution in [2.45, 2.75) is 26.3 Å². The van der Waals surface area contributed by atoms with Gasteiger partial charge in [0.15, 0.2) is 0 Å². The number of hydrogen-bond acceptors (Lipinski definition) is 3. The van der Waals surface area contributed by atoms with Crippen LogP contribution >= 0.6 is 0 Å². The summed E-state index contributed by atoms with van der Waals surface area (Å²) in [6, 6.07) is 0.491. The molecule has 1 N–H and O–H groups in total. The number of hydrogen-bond donors (Lipinski definition) is 1. The Morgan fingerprint density at radius 3 is 2.81 bits per heavy atom. The van der Waals surface area contributed by atoms with Crippen LogP contribution in [-0.4, -0.2) is 62.0 Å². The van der Waals surface area contributed by atoms with E-state index >= 15 is 0 Å². The van der Waals surface area contributed by atoms with Gasteiger partial charge in [-0.3, -0.25) is 4.79 Å². The zero-order chi connectivity index (χ0) is 12.1. The Hall–Kier alpha value is -0.610. The maximum absolute atomic E-state index is 11.6. The summed E-state index contributed by atoms with van der Waals surface area (Å²) in [5, 5.41) is 3.39. The number of carbonyl (C=O) groups is 1. The molecule has 2 unspecified atom stereocenters. The zero-order valence-electron chi connectivity index (χ0n) is 11.0. The molecular weight excluding hydrogens is 202 g/mol. The smallest absolute Gasteiger partial charge is 0.236 e. The van der Waals surface area contributed by atoms with E-state index in [2.05, 4.69) is 24.2 Å². The molecule has 1 amide bonds. The maximum Gasteiger partial charge on any atom is 0.236 e. The molecule has 1 aliphatic heterocycles. The van der Waals surface area contributed by atoms with E-state index in [1.807, 2.05) is 14.0 Å². The van der Waals surface area contributed by atoms with Crippen molar-refractivity contribution >= 4 is 5.91 Å². The summed E-state index contributed by atoms with van der Waals surface area (Å²) in [6.45, 7) is 7.75. The second-order valence-corrected chi connectivity index (χ2v) is 4.92. The summed E-state index contributed by atoms with van der Waals surface area (Å²) in [5.74, 6) is 0.812. The van der Waals surface area contributed by atoms with Gasteiger partial charge >= 0.3 is 0 Å². The average Bonchev–Trinajstić information content (AvgIpc) is 2.26. The Balaban J connectivity index is 2.29. The second-order valence-electron chi connectivity index (χ2n) is 4.92. The molecule has 0 spiro atoms. The van der Waals surface area contributed by atoms with Crippen LogP contribution in [0.1, 0.15) is 20.3 Å². The van der Waals surface area contributed by atoms with E-state index in [0.29, 0.717) is 18.5 Å². The molecule has 0 aromatic heterocycles. The number of nitrogens with one attached hydrogen (secondary N) is 1. The van der Waals surface area contributed by atoms with Crippen LogP contribution in [-0.2, 0) is 4.79 Å². The van der Waals surface area contributed by atoms with Crippen molar-refractivity contribution in [3.8, 4) is 0 Å². The van der Waals surface area contributed by atoms with Crippen LogP contribution in [0.15, 0.2) is 0 Å². The molecular formula is C12H25N3O. The highest BCUT2D eigenvalue weighted by Gasteiger charge is 2.24. The number of rotatable bonds is 4. The SMILES string of the molecule is CCN(C)C(=O)CNC1CCN(C)CC1C. The van der Waals surface area contributed by atoms with E-state index in [-0.39, 0.29) is 5.91 Å². The van der Waals surface area contributed by atoms with Gasteiger partial charge in [-0.1, -0.05) is 6.92 Å². The molecule has 1 rings (SSSR count). The summed E-state index contributed by atoms with van der Waals surface area (Å²) >= 11 is 0. The summed E-state index contributed by atoms with van der Waals surface area (Å²) in [7, 11) is 4.00. The van der Waals surface area contributed by atoms with E-state index in [0.717, 1.165) is 26.1 Å². The highest BCUT2D eigenvalue weighted by molar-refractivity contribution is 5.77. The number of nitrogens with zero attached hydrogens (tertiary/aromatic N) is 2. The summed E-state index contributed by atoms with van der Waals surface area (Å²) in [6.07, 6.45) is 1.14. The van der Waals surface area contributed by atoms with Gasteiger partial charge in [-0.15, -0.1) is 0 Å². The lowest BCUT2D eigenvalue weighted by Crippen LogP contribution is -2.49. The van der Waals surface area contributed by atoms with Crippen molar-refractivity contribution < 1.29 is 4.79 Å². The first-order valence-electron chi connectivity index (χ1n) is 6.20. The number of amides is 1. The molecule has 0 bridgehead atoms. The van der Waals surface area contributed by atoms with Gasteiger partial charge in [0.05, 0.1) is 6.54 Å². The molecule has 1 fully saturated rings. The van der Waals surface area contributed by atoms with Gasteiger partial charge in [-0.25, -0.2) is 0 Å². The monoisotopic (exact) mass is 227 g/mol. The summed E-state index contributed by atoms with van der Waals surface area (Å²) in [4.78, 5) is 15.7. The summed E-state index contributed by atoms with van der Waals surface area (Å²) in [5.41, 5.74) is 0. The van der Waals surface area contributed by atoms with Gasteiger partial charge in [-0.05, 0) is 32.9 Å². The highest BCUT2D eigenvalue weighted by atomic mass is 16.2. The molecule has 16 heavy (non-hydrogen) atoms. The molecule has 0 radical (unpaired) electrons. The van der Waals surface area contributed by atoms with Crippen molar-refractivity contribution in [3.63, 3.8) is 0 Å². The van der Waals surface area contributed by atoms with Gasteiger partial charge in [0.2, 0.25) is 5.91 Å². The first-order chi connectivity index (χ1) is 7.54. The topological polar surface area (TPSA) is 35.6 Å². The zero-order valence-corrected chi connectivity index (χ0v) is 11.0. The van der Waals surface area contributed by atoms with Gasteiger partial charge in [0.1, 0.15) is 0 Å². The van der Waals surface area contributed by atoms with Crippen LogP contribution in [0.4, 0.5) is 0 Å². The predicted octanol–water partition coefficient (Wildman–Crippen LogP) is 0.395. The third-order valence-electron chi connectivity index (χ3n) is 3.52. The lowest BCUT2D eigenvalue weighted by molar-refractivity contribution is -0.129. The number of carbonyl (C=O) groups excluding carboxylic acids is 1. The lowest BCUT2D eigenvalue weighted by atomic mass is 9.94. The molecule has 4 nitrogen and oxygen atoms in total. The Kier molecular flexibility index (Phi) is 5.22. The van der Waals surface area contributed by atoms with E-state index in [1.54, 1.807) is 4.90 Å². The fourth-order valence-electron chi connectivity index (χ4n) is 2.19. The third-order valence-corrected chi connectivity index (χ3v) is 3.52. The Labute approximate surface area is 99.0 Å². The minimum atomic E-state index is 0.189. The van der Waals surface area contributed by atoms with E-state index in [1.165, 1.54) is 0 Å². The van der Waals surface area contributed by atoms with Crippen molar-refractivity contribution in [3.05, 3.63) is 0 Å². The standard InChI is InChI=1S/C12H25N3O/c1-5-15(4)12(16)8-13-11-6-7-14(3)9-10(11)2/h10-11,13H,5-9H2,1-4H3.